The van der Waals surface area contributed by atoms with Gasteiger partial charge < -0.3 is 10.2 Å². The van der Waals surface area contributed by atoms with Crippen molar-refractivity contribution in [2.24, 2.45) is 5.92 Å². The van der Waals surface area contributed by atoms with Crippen LogP contribution in [-0.4, -0.2) is 45.9 Å². The summed E-state index contributed by atoms with van der Waals surface area (Å²) in [6.45, 7) is 5.78. The standard InChI is InChI=1S/C21H23ClF3N5O2/c1-12(2)6-16-10-29(15-4-5-17(26-9-15)21(23,24)25)20(32)30(16)11-18(31)28-14-7-13(3)19(22)27-8-14/h4-5,7-9,12,16H,6,10-11H2,1-3H3,(H,28,31)/t16-/m0/s1. The number of rotatable bonds is 6. The average Bonchev–Trinajstić information content (AvgIpc) is 2.99. The van der Waals surface area contributed by atoms with Gasteiger partial charge in [-0.3, -0.25) is 9.69 Å². The van der Waals surface area contributed by atoms with Crippen molar-refractivity contribution in [2.75, 3.05) is 23.3 Å². The maximum atomic E-state index is 13.1. The van der Waals surface area contributed by atoms with Crippen LogP contribution in [0.2, 0.25) is 5.15 Å². The summed E-state index contributed by atoms with van der Waals surface area (Å²) < 4.78 is 38.4. The summed E-state index contributed by atoms with van der Waals surface area (Å²) in [5.74, 6) is -0.171. The summed E-state index contributed by atoms with van der Waals surface area (Å²) in [7, 11) is 0. The number of urea groups is 1. The van der Waals surface area contributed by atoms with Crippen LogP contribution in [0, 0.1) is 12.8 Å². The summed E-state index contributed by atoms with van der Waals surface area (Å²) in [5, 5.41) is 3.03. The Morgan fingerprint density at radius 2 is 2.00 bits per heavy atom. The minimum atomic E-state index is -4.56. The number of halogens is 4. The molecule has 1 aliphatic rings. The van der Waals surface area contributed by atoms with E-state index < -0.39 is 23.8 Å². The third-order valence-corrected chi connectivity index (χ3v) is 5.41. The van der Waals surface area contributed by atoms with Gasteiger partial charge in [0, 0.05) is 6.54 Å². The summed E-state index contributed by atoms with van der Waals surface area (Å²) in [6.07, 6.45) is -1.48. The van der Waals surface area contributed by atoms with E-state index in [0.29, 0.717) is 22.8 Å². The van der Waals surface area contributed by atoms with Crippen LogP contribution in [0.15, 0.2) is 30.6 Å². The number of carbonyl (C=O) groups is 2. The molecule has 11 heteroatoms. The molecule has 0 radical (unpaired) electrons. The van der Waals surface area contributed by atoms with Gasteiger partial charge in [-0.2, -0.15) is 13.2 Å². The Morgan fingerprint density at radius 3 is 2.56 bits per heavy atom. The lowest BCUT2D eigenvalue weighted by atomic mass is 10.0. The monoisotopic (exact) mass is 469 g/mol. The van der Waals surface area contributed by atoms with E-state index in [1.807, 2.05) is 13.8 Å². The molecule has 1 aliphatic heterocycles. The fourth-order valence-corrected chi connectivity index (χ4v) is 3.66. The van der Waals surface area contributed by atoms with Crippen LogP contribution in [0.5, 0.6) is 0 Å². The van der Waals surface area contributed by atoms with Crippen LogP contribution in [-0.2, 0) is 11.0 Å². The zero-order chi connectivity index (χ0) is 23.6. The van der Waals surface area contributed by atoms with Gasteiger partial charge in [0.1, 0.15) is 17.4 Å². The molecule has 0 spiro atoms. The summed E-state index contributed by atoms with van der Waals surface area (Å²) >= 11 is 5.90. The molecule has 172 valence electrons. The van der Waals surface area contributed by atoms with Gasteiger partial charge in [0.05, 0.1) is 29.8 Å². The maximum Gasteiger partial charge on any atom is 0.433 e. The Morgan fingerprint density at radius 1 is 1.28 bits per heavy atom. The molecule has 0 aromatic carbocycles. The molecule has 2 aromatic heterocycles. The molecule has 7 nitrogen and oxygen atoms in total. The number of hydrogen-bond acceptors (Lipinski definition) is 4. The molecule has 3 heterocycles. The normalized spacial score (nSPS) is 16.8. The van der Waals surface area contributed by atoms with Gasteiger partial charge in [-0.25, -0.2) is 14.8 Å². The van der Waals surface area contributed by atoms with E-state index in [0.717, 1.165) is 12.3 Å². The van der Waals surface area contributed by atoms with E-state index in [1.54, 1.807) is 13.0 Å². The predicted octanol–water partition coefficient (Wildman–Crippen LogP) is 4.75. The number of aromatic nitrogens is 2. The number of carbonyl (C=O) groups excluding carboxylic acids is 2. The topological polar surface area (TPSA) is 78.4 Å². The minimum Gasteiger partial charge on any atom is -0.323 e. The number of nitrogens with one attached hydrogen (secondary N) is 1. The Bertz CT molecular complexity index is 998. The molecule has 1 saturated heterocycles. The van der Waals surface area contributed by atoms with Crippen LogP contribution in [0.25, 0.3) is 0 Å². The Labute approximate surface area is 188 Å². The quantitative estimate of drug-likeness (QED) is 0.619. The van der Waals surface area contributed by atoms with E-state index in [4.69, 9.17) is 11.6 Å². The van der Waals surface area contributed by atoms with Crippen molar-refractivity contribution in [2.45, 2.75) is 39.4 Å². The molecule has 2 aromatic rings. The Kier molecular flexibility index (Phi) is 6.92. The largest absolute Gasteiger partial charge is 0.433 e. The molecule has 0 unspecified atom stereocenters. The Hall–Kier alpha value is -2.88. The van der Waals surface area contributed by atoms with Gasteiger partial charge in [-0.1, -0.05) is 25.4 Å². The van der Waals surface area contributed by atoms with E-state index in [2.05, 4.69) is 15.3 Å². The lowest BCUT2D eigenvalue weighted by Gasteiger charge is -2.24. The summed E-state index contributed by atoms with van der Waals surface area (Å²) in [4.78, 5) is 35.9. The van der Waals surface area contributed by atoms with Crippen LogP contribution in [0.4, 0.5) is 29.3 Å². The minimum absolute atomic E-state index is 0.206. The van der Waals surface area contributed by atoms with Crippen molar-refractivity contribution >= 4 is 34.9 Å². The highest BCUT2D eigenvalue weighted by Gasteiger charge is 2.40. The fraction of sp³-hybridized carbons (Fsp3) is 0.429. The smallest absolute Gasteiger partial charge is 0.323 e. The van der Waals surface area contributed by atoms with Gasteiger partial charge in [0.2, 0.25) is 5.91 Å². The molecule has 0 saturated carbocycles. The highest BCUT2D eigenvalue weighted by Crippen LogP contribution is 2.31. The number of aryl methyl sites for hydroxylation is 1. The van der Waals surface area contributed by atoms with Crippen LogP contribution >= 0.6 is 11.6 Å². The molecular weight excluding hydrogens is 447 g/mol. The molecule has 1 fully saturated rings. The SMILES string of the molecule is Cc1cc(NC(=O)CN2C(=O)N(c3ccc(C(F)(F)F)nc3)C[C@@H]2CC(C)C)cnc1Cl. The molecule has 3 rings (SSSR count). The predicted molar refractivity (Wildman–Crippen MR) is 115 cm³/mol. The van der Waals surface area contributed by atoms with Gasteiger partial charge >= 0.3 is 12.2 Å². The molecule has 3 amide bonds. The Balaban J connectivity index is 1.76. The number of anilines is 2. The summed E-state index contributed by atoms with van der Waals surface area (Å²) in [5.41, 5.74) is 0.361. The number of nitrogens with zero attached hydrogens (tertiary/aromatic N) is 4. The number of hydrogen-bond donors (Lipinski definition) is 1. The van der Waals surface area contributed by atoms with Gasteiger partial charge in [-0.15, -0.1) is 0 Å². The first-order valence-corrected chi connectivity index (χ1v) is 10.4. The third-order valence-electron chi connectivity index (χ3n) is 5.02. The van der Waals surface area contributed by atoms with Crippen LogP contribution in [0.3, 0.4) is 0 Å². The summed E-state index contributed by atoms with van der Waals surface area (Å²) in [6, 6.07) is 2.99. The van der Waals surface area contributed by atoms with Crippen LogP contribution in [0.1, 0.15) is 31.5 Å². The van der Waals surface area contributed by atoms with Crippen molar-refractivity contribution in [3.05, 3.63) is 47.0 Å². The molecular formula is C21H23ClF3N5O2. The van der Waals surface area contributed by atoms with E-state index in [1.165, 1.54) is 22.1 Å². The van der Waals surface area contributed by atoms with Crippen molar-refractivity contribution in [1.82, 2.24) is 14.9 Å². The first kappa shape index (κ1) is 23.8. The molecule has 1 N–H and O–H groups in total. The zero-order valence-corrected chi connectivity index (χ0v) is 18.5. The van der Waals surface area contributed by atoms with Crippen LogP contribution < -0.4 is 10.2 Å². The second-order valence-electron chi connectivity index (χ2n) is 8.08. The van der Waals surface area contributed by atoms with Gasteiger partial charge in [0.25, 0.3) is 0 Å². The molecule has 32 heavy (non-hydrogen) atoms. The lowest BCUT2D eigenvalue weighted by Crippen LogP contribution is -2.41. The fourth-order valence-electron chi connectivity index (χ4n) is 3.55. The second-order valence-corrected chi connectivity index (χ2v) is 8.44. The van der Waals surface area contributed by atoms with E-state index >= 15 is 0 Å². The molecule has 0 bridgehead atoms. The number of alkyl halides is 3. The molecule has 0 aliphatic carbocycles. The number of pyridine rings is 2. The van der Waals surface area contributed by atoms with Gasteiger partial charge in [0.15, 0.2) is 0 Å². The average molecular weight is 470 g/mol. The van der Waals surface area contributed by atoms with Gasteiger partial charge in [-0.05, 0) is 43.0 Å². The van der Waals surface area contributed by atoms with Crippen molar-refractivity contribution in [3.8, 4) is 0 Å². The van der Waals surface area contributed by atoms with E-state index in [-0.39, 0.29) is 30.7 Å². The highest BCUT2D eigenvalue weighted by atomic mass is 35.5. The van der Waals surface area contributed by atoms with Crippen molar-refractivity contribution in [3.63, 3.8) is 0 Å². The maximum absolute atomic E-state index is 13.1. The zero-order valence-electron chi connectivity index (χ0n) is 17.8. The van der Waals surface area contributed by atoms with E-state index in [9.17, 15) is 22.8 Å². The first-order valence-electron chi connectivity index (χ1n) is 9.99. The lowest BCUT2D eigenvalue weighted by molar-refractivity contribution is -0.141. The number of amides is 3. The first-order chi connectivity index (χ1) is 15.0. The van der Waals surface area contributed by atoms with Crippen molar-refractivity contribution < 1.29 is 22.8 Å². The second kappa shape index (κ2) is 9.32. The highest BCUT2D eigenvalue weighted by molar-refractivity contribution is 6.30. The molecule has 1 atom stereocenters. The van der Waals surface area contributed by atoms with Crippen molar-refractivity contribution in [1.29, 1.82) is 0 Å². The third kappa shape index (κ3) is 5.48.